The largest absolute Gasteiger partial charge is 0.497 e. The molecule has 6 rings (SSSR count). The third kappa shape index (κ3) is 8.00. The fraction of sp³-hybridized carbons (Fsp3) is 0.179. The Kier molecular flexibility index (Phi) is 10.5. The number of rotatable bonds is 13. The van der Waals surface area contributed by atoms with Crippen LogP contribution in [0.3, 0.4) is 0 Å². The van der Waals surface area contributed by atoms with Crippen molar-refractivity contribution in [3.8, 4) is 11.5 Å². The minimum Gasteiger partial charge on any atom is -0.497 e. The Morgan fingerprint density at radius 1 is 0.820 bits per heavy atom. The first-order chi connectivity index (χ1) is 24.1. The number of carbonyl (C=O) groups excluding carboxylic acids is 1. The zero-order chi connectivity index (χ0) is 35.3. The second-order valence-electron chi connectivity index (χ2n) is 12.0. The highest BCUT2D eigenvalue weighted by molar-refractivity contribution is 7.89. The van der Waals surface area contributed by atoms with Gasteiger partial charge in [0.1, 0.15) is 11.5 Å². The van der Waals surface area contributed by atoms with Crippen molar-refractivity contribution < 1.29 is 22.7 Å². The summed E-state index contributed by atoms with van der Waals surface area (Å²) in [5, 5.41) is 8.47. The van der Waals surface area contributed by atoms with Crippen LogP contribution in [0.1, 0.15) is 27.8 Å². The molecule has 0 aliphatic rings. The summed E-state index contributed by atoms with van der Waals surface area (Å²) in [5.41, 5.74) is 5.23. The summed E-state index contributed by atoms with van der Waals surface area (Å²) in [4.78, 5) is 13.4. The van der Waals surface area contributed by atoms with Gasteiger partial charge in [0.05, 0.1) is 43.8 Å². The molecule has 9 nitrogen and oxygen atoms in total. The summed E-state index contributed by atoms with van der Waals surface area (Å²) < 4.78 is 43.6. The van der Waals surface area contributed by atoms with E-state index in [4.69, 9.17) is 21.1 Å². The van der Waals surface area contributed by atoms with Gasteiger partial charge in [-0.3, -0.25) is 9.48 Å². The molecule has 256 valence electrons. The van der Waals surface area contributed by atoms with Crippen LogP contribution in [0, 0.1) is 6.92 Å². The fourth-order valence-corrected chi connectivity index (χ4v) is 7.51. The molecule has 50 heavy (non-hydrogen) atoms. The van der Waals surface area contributed by atoms with Gasteiger partial charge in [-0.2, -0.15) is 9.40 Å². The van der Waals surface area contributed by atoms with Gasteiger partial charge < -0.3 is 14.8 Å². The molecule has 5 aromatic carbocycles. The van der Waals surface area contributed by atoms with Gasteiger partial charge in [-0.1, -0.05) is 83.9 Å². The highest BCUT2D eigenvalue weighted by Crippen LogP contribution is 2.32. The molecule has 6 aromatic rings. The van der Waals surface area contributed by atoms with Crippen molar-refractivity contribution in [2.45, 2.75) is 37.9 Å². The molecule has 0 bridgehead atoms. The van der Waals surface area contributed by atoms with E-state index in [9.17, 15) is 13.2 Å². The van der Waals surface area contributed by atoms with E-state index in [0.717, 1.165) is 22.3 Å². The van der Waals surface area contributed by atoms with Crippen molar-refractivity contribution in [3.63, 3.8) is 0 Å². The average Bonchev–Trinajstić information content (AvgIpc) is 3.52. The molecule has 0 aliphatic heterocycles. The number of anilines is 1. The molecule has 0 fully saturated rings. The number of carbonyl (C=O) groups is 1. The number of ether oxygens (including phenoxy) is 2. The number of benzene rings is 5. The highest BCUT2D eigenvalue weighted by atomic mass is 35.5. The molecule has 0 saturated carbocycles. The fourth-order valence-electron chi connectivity index (χ4n) is 5.68. The maximum atomic E-state index is 14.9. The SMILES string of the molecule is COc1ccc(CN(Cc2ccc(OC)cc2)S(=O)(=O)c2cc(NC(=O)Cc3ccccc3Cl)cc3c2cnn3Cc2ccc(C)cc2)cc1. The number of halogens is 1. The lowest BCUT2D eigenvalue weighted by Gasteiger charge is -2.24. The first kappa shape index (κ1) is 34.7. The number of sulfonamides is 1. The lowest BCUT2D eigenvalue weighted by atomic mass is 10.1. The standard InChI is InChI=1S/C39H37ClN4O5S/c1-27-8-10-30(11-9-27)26-44-37-21-32(42-39(45)20-31-6-4-5-7-36(31)40)22-38(35(37)23-41-44)50(46,47)43(24-28-12-16-33(48-2)17-13-28)25-29-14-18-34(49-3)19-15-29/h4-19,21-23H,20,24-26H2,1-3H3,(H,42,45). The van der Waals surface area contributed by atoms with Crippen LogP contribution < -0.4 is 14.8 Å². The third-order valence-electron chi connectivity index (χ3n) is 8.42. The highest BCUT2D eigenvalue weighted by Gasteiger charge is 2.29. The first-order valence-electron chi connectivity index (χ1n) is 16.0. The number of nitrogens with one attached hydrogen (secondary N) is 1. The van der Waals surface area contributed by atoms with Gasteiger partial charge in [0.25, 0.3) is 0 Å². The van der Waals surface area contributed by atoms with Gasteiger partial charge in [0.2, 0.25) is 15.9 Å². The maximum Gasteiger partial charge on any atom is 0.244 e. The summed E-state index contributed by atoms with van der Waals surface area (Å²) in [6.07, 6.45) is 1.59. The monoisotopic (exact) mass is 708 g/mol. The van der Waals surface area contributed by atoms with Gasteiger partial charge in [-0.05, 0) is 71.6 Å². The normalized spacial score (nSPS) is 11.5. The van der Waals surface area contributed by atoms with Crippen LogP contribution in [-0.2, 0) is 40.9 Å². The zero-order valence-corrected chi connectivity index (χ0v) is 29.5. The van der Waals surface area contributed by atoms with Gasteiger partial charge in [-0.25, -0.2) is 8.42 Å². The second kappa shape index (κ2) is 15.2. The maximum absolute atomic E-state index is 14.9. The van der Waals surface area contributed by atoms with Crippen molar-refractivity contribution >= 4 is 44.1 Å². The van der Waals surface area contributed by atoms with Crippen molar-refractivity contribution in [3.05, 3.63) is 148 Å². The van der Waals surface area contributed by atoms with Gasteiger partial charge in [-0.15, -0.1) is 0 Å². The molecule has 0 spiro atoms. The third-order valence-corrected chi connectivity index (χ3v) is 10.6. The number of nitrogens with zero attached hydrogens (tertiary/aromatic N) is 3. The Labute approximate surface area is 297 Å². The summed E-state index contributed by atoms with van der Waals surface area (Å²) in [5.74, 6) is 1.00. The molecule has 0 radical (unpaired) electrons. The van der Waals surface area contributed by atoms with Gasteiger partial charge in [0.15, 0.2) is 0 Å². The molecule has 0 saturated heterocycles. The number of aromatic nitrogens is 2. The lowest BCUT2D eigenvalue weighted by Crippen LogP contribution is -2.30. The smallest absolute Gasteiger partial charge is 0.244 e. The van der Waals surface area contributed by atoms with E-state index in [0.29, 0.717) is 45.2 Å². The molecule has 1 aromatic heterocycles. The van der Waals surface area contributed by atoms with E-state index in [1.807, 2.05) is 61.5 Å². The number of fused-ring (bicyclic) bond motifs is 1. The molecule has 0 unspecified atom stereocenters. The van der Waals surface area contributed by atoms with Crippen LogP contribution in [-0.4, -0.2) is 42.6 Å². The minimum atomic E-state index is -4.20. The number of methoxy groups -OCH3 is 2. The summed E-state index contributed by atoms with van der Waals surface area (Å²) in [6, 6.07) is 33.0. The molecule has 1 N–H and O–H groups in total. The molecular weight excluding hydrogens is 672 g/mol. The average molecular weight is 709 g/mol. The van der Waals surface area contributed by atoms with Crippen LogP contribution in [0.25, 0.3) is 10.9 Å². The quantitative estimate of drug-likeness (QED) is 0.132. The van der Waals surface area contributed by atoms with Gasteiger partial charge in [0, 0.05) is 29.2 Å². The number of amides is 1. The zero-order valence-electron chi connectivity index (χ0n) is 28.0. The first-order valence-corrected chi connectivity index (χ1v) is 17.8. The van der Waals surface area contributed by atoms with Crippen molar-refractivity contribution in [2.24, 2.45) is 0 Å². The lowest BCUT2D eigenvalue weighted by molar-refractivity contribution is -0.115. The second-order valence-corrected chi connectivity index (χ2v) is 14.3. The van der Waals surface area contributed by atoms with E-state index in [-0.39, 0.29) is 30.3 Å². The minimum absolute atomic E-state index is 0.0173. The summed E-state index contributed by atoms with van der Waals surface area (Å²) >= 11 is 6.34. The van der Waals surface area contributed by atoms with Crippen LogP contribution >= 0.6 is 11.6 Å². The number of hydrogen-bond acceptors (Lipinski definition) is 6. The van der Waals surface area contributed by atoms with Crippen LogP contribution in [0.5, 0.6) is 11.5 Å². The molecule has 1 amide bonds. The Hall–Kier alpha value is -5.16. The summed E-state index contributed by atoms with van der Waals surface area (Å²) in [6.45, 7) is 2.59. The van der Waals surface area contributed by atoms with Crippen molar-refractivity contribution in [2.75, 3.05) is 19.5 Å². The van der Waals surface area contributed by atoms with Crippen molar-refractivity contribution in [1.29, 1.82) is 0 Å². The van der Waals surface area contributed by atoms with Crippen LogP contribution in [0.4, 0.5) is 5.69 Å². The van der Waals surface area contributed by atoms with E-state index in [1.54, 1.807) is 73.6 Å². The van der Waals surface area contributed by atoms with Crippen LogP contribution in [0.2, 0.25) is 5.02 Å². The van der Waals surface area contributed by atoms with Gasteiger partial charge >= 0.3 is 0 Å². The Balaban J connectivity index is 1.43. The topological polar surface area (TPSA) is 103 Å². The van der Waals surface area contributed by atoms with E-state index < -0.39 is 10.0 Å². The molecular formula is C39H37ClN4O5S. The predicted molar refractivity (Wildman–Crippen MR) is 196 cm³/mol. The van der Waals surface area contributed by atoms with E-state index >= 15 is 0 Å². The Morgan fingerprint density at radius 2 is 1.40 bits per heavy atom. The van der Waals surface area contributed by atoms with E-state index in [1.165, 1.54) is 10.4 Å². The van der Waals surface area contributed by atoms with E-state index in [2.05, 4.69) is 10.4 Å². The summed E-state index contributed by atoms with van der Waals surface area (Å²) in [7, 11) is -1.03. The number of hydrogen-bond donors (Lipinski definition) is 1. The molecule has 0 atom stereocenters. The predicted octanol–water partition coefficient (Wildman–Crippen LogP) is 7.64. The van der Waals surface area contributed by atoms with Crippen molar-refractivity contribution in [1.82, 2.24) is 14.1 Å². The molecule has 11 heteroatoms. The molecule has 0 aliphatic carbocycles. The van der Waals surface area contributed by atoms with Crippen LogP contribution in [0.15, 0.2) is 120 Å². The number of aryl methyl sites for hydroxylation is 1. The Morgan fingerprint density at radius 3 is 1.98 bits per heavy atom. The Bertz CT molecular complexity index is 2170. The molecule has 1 heterocycles.